The number of carbonyl (C=O) groups excluding carboxylic acids is 1. The molecular formula is C15H17ClN2O. The Bertz CT molecular complexity index is 527. The average molecular weight is 277 g/mol. The third-order valence-corrected chi connectivity index (χ3v) is 4.28. The molecule has 1 aliphatic carbocycles. The molecule has 2 aliphatic rings. The molecule has 1 unspecified atom stereocenters. The lowest BCUT2D eigenvalue weighted by Gasteiger charge is -2.14. The van der Waals surface area contributed by atoms with Crippen molar-refractivity contribution in [3.05, 3.63) is 34.9 Å². The van der Waals surface area contributed by atoms with Crippen molar-refractivity contribution in [3.63, 3.8) is 0 Å². The first-order valence-corrected chi connectivity index (χ1v) is 7.25. The molecule has 3 rings (SSSR count). The Labute approximate surface area is 118 Å². The highest BCUT2D eigenvalue weighted by molar-refractivity contribution is 6.31. The van der Waals surface area contributed by atoms with Crippen LogP contribution >= 0.6 is 11.6 Å². The van der Waals surface area contributed by atoms with Gasteiger partial charge in [-0.05, 0) is 30.9 Å². The van der Waals surface area contributed by atoms with Crippen molar-refractivity contribution >= 4 is 23.2 Å². The van der Waals surface area contributed by atoms with Crippen molar-refractivity contribution in [2.45, 2.75) is 38.6 Å². The highest BCUT2D eigenvalue weighted by atomic mass is 35.5. The van der Waals surface area contributed by atoms with E-state index in [1.165, 1.54) is 6.42 Å². The topological polar surface area (TPSA) is 32.7 Å². The van der Waals surface area contributed by atoms with Crippen LogP contribution in [0, 0.1) is 5.92 Å². The van der Waals surface area contributed by atoms with E-state index in [4.69, 9.17) is 11.6 Å². The summed E-state index contributed by atoms with van der Waals surface area (Å²) in [5.74, 6) is 0.182. The van der Waals surface area contributed by atoms with E-state index in [1.54, 1.807) is 5.01 Å². The van der Waals surface area contributed by atoms with E-state index in [0.717, 1.165) is 37.0 Å². The molecule has 1 aromatic carbocycles. The summed E-state index contributed by atoms with van der Waals surface area (Å²) in [6.45, 7) is 0.485. The number of amides is 1. The van der Waals surface area contributed by atoms with E-state index < -0.39 is 0 Å². The van der Waals surface area contributed by atoms with Crippen molar-refractivity contribution in [2.75, 3.05) is 0 Å². The quantitative estimate of drug-likeness (QED) is 0.812. The van der Waals surface area contributed by atoms with Crippen LogP contribution in [0.5, 0.6) is 0 Å². The van der Waals surface area contributed by atoms with Crippen molar-refractivity contribution in [2.24, 2.45) is 11.0 Å². The fourth-order valence-electron chi connectivity index (χ4n) is 2.84. The summed E-state index contributed by atoms with van der Waals surface area (Å²) in [6, 6.07) is 7.63. The van der Waals surface area contributed by atoms with Gasteiger partial charge in [0.2, 0.25) is 0 Å². The summed E-state index contributed by atoms with van der Waals surface area (Å²) in [6.07, 6.45) is 5.43. The lowest BCUT2D eigenvalue weighted by molar-refractivity contribution is -0.132. The maximum absolute atomic E-state index is 12.4. The van der Waals surface area contributed by atoms with E-state index in [2.05, 4.69) is 5.10 Å². The van der Waals surface area contributed by atoms with Crippen LogP contribution in [0.4, 0.5) is 0 Å². The Morgan fingerprint density at radius 2 is 2.11 bits per heavy atom. The van der Waals surface area contributed by atoms with Crippen LogP contribution in [0.2, 0.25) is 5.02 Å². The first-order chi connectivity index (χ1) is 9.25. The van der Waals surface area contributed by atoms with Gasteiger partial charge in [-0.3, -0.25) is 4.79 Å². The van der Waals surface area contributed by atoms with Gasteiger partial charge in [-0.25, -0.2) is 5.01 Å². The van der Waals surface area contributed by atoms with Gasteiger partial charge in [0.05, 0.1) is 18.2 Å². The van der Waals surface area contributed by atoms with Crippen LogP contribution in [0.1, 0.15) is 37.7 Å². The zero-order chi connectivity index (χ0) is 13.2. The van der Waals surface area contributed by atoms with Crippen molar-refractivity contribution in [1.82, 2.24) is 5.01 Å². The van der Waals surface area contributed by atoms with Gasteiger partial charge >= 0.3 is 0 Å². The molecule has 100 valence electrons. The monoisotopic (exact) mass is 276 g/mol. The maximum atomic E-state index is 12.4. The standard InChI is InChI=1S/C15H17ClN2O/c16-13-8-5-4-6-11(13)10-18-15(19)12-7-2-1-3-9-14(12)17-18/h4-6,8,12H,1-3,7,9-10H2. The average Bonchev–Trinajstić information content (AvgIpc) is 2.60. The second kappa shape index (κ2) is 5.33. The minimum absolute atomic E-state index is 0.0324. The van der Waals surface area contributed by atoms with Gasteiger partial charge in [0.1, 0.15) is 0 Å². The molecule has 19 heavy (non-hydrogen) atoms. The van der Waals surface area contributed by atoms with Crippen LogP contribution in [0.25, 0.3) is 0 Å². The highest BCUT2D eigenvalue weighted by Crippen LogP contribution is 2.29. The minimum atomic E-state index is 0.0324. The number of carbonyl (C=O) groups is 1. The van der Waals surface area contributed by atoms with Crippen LogP contribution in [0.3, 0.4) is 0 Å². The van der Waals surface area contributed by atoms with Crippen LogP contribution < -0.4 is 0 Å². The third-order valence-electron chi connectivity index (χ3n) is 3.91. The molecule has 1 aliphatic heterocycles. The summed E-state index contributed by atoms with van der Waals surface area (Å²) in [7, 11) is 0. The highest BCUT2D eigenvalue weighted by Gasteiger charge is 2.35. The largest absolute Gasteiger partial charge is 0.272 e. The molecule has 0 N–H and O–H groups in total. The molecular weight excluding hydrogens is 260 g/mol. The second-order valence-corrected chi connectivity index (χ2v) is 5.64. The van der Waals surface area contributed by atoms with Crippen LogP contribution in [0.15, 0.2) is 29.4 Å². The predicted molar refractivity (Wildman–Crippen MR) is 76.0 cm³/mol. The van der Waals surface area contributed by atoms with E-state index >= 15 is 0 Å². The zero-order valence-corrected chi connectivity index (χ0v) is 11.6. The Kier molecular flexibility index (Phi) is 3.56. The normalized spacial score (nSPS) is 23.0. The summed E-state index contributed by atoms with van der Waals surface area (Å²) in [5, 5.41) is 6.83. The van der Waals surface area contributed by atoms with Crippen LogP contribution in [-0.2, 0) is 11.3 Å². The molecule has 0 bridgehead atoms. The molecule has 0 saturated heterocycles. The Balaban J connectivity index is 1.79. The maximum Gasteiger partial charge on any atom is 0.251 e. The first-order valence-electron chi connectivity index (χ1n) is 6.88. The number of hydrogen-bond donors (Lipinski definition) is 0. The van der Waals surface area contributed by atoms with Gasteiger partial charge in [-0.15, -0.1) is 0 Å². The minimum Gasteiger partial charge on any atom is -0.272 e. The van der Waals surface area contributed by atoms with Gasteiger partial charge in [0.25, 0.3) is 5.91 Å². The molecule has 4 heteroatoms. The lowest BCUT2D eigenvalue weighted by atomic mass is 9.98. The summed E-state index contributed by atoms with van der Waals surface area (Å²) in [5.41, 5.74) is 2.04. The van der Waals surface area contributed by atoms with Crippen molar-refractivity contribution < 1.29 is 4.79 Å². The van der Waals surface area contributed by atoms with Crippen LogP contribution in [-0.4, -0.2) is 16.6 Å². The van der Waals surface area contributed by atoms with E-state index in [0.29, 0.717) is 11.6 Å². The number of nitrogens with zero attached hydrogens (tertiary/aromatic N) is 2. The van der Waals surface area contributed by atoms with E-state index in [-0.39, 0.29) is 11.8 Å². The predicted octanol–water partition coefficient (Wildman–Crippen LogP) is 3.62. The van der Waals surface area contributed by atoms with Gasteiger partial charge in [0, 0.05) is 5.02 Å². The molecule has 1 aromatic rings. The number of hydrogen-bond acceptors (Lipinski definition) is 2. The van der Waals surface area contributed by atoms with Gasteiger partial charge in [-0.1, -0.05) is 42.6 Å². The molecule has 1 amide bonds. The van der Waals surface area contributed by atoms with E-state index in [9.17, 15) is 4.79 Å². The fraction of sp³-hybridized carbons (Fsp3) is 0.467. The van der Waals surface area contributed by atoms with Gasteiger partial charge in [0.15, 0.2) is 0 Å². The second-order valence-electron chi connectivity index (χ2n) is 5.23. The SMILES string of the molecule is O=C1C2CCCCCC2=NN1Cc1ccccc1Cl. The summed E-state index contributed by atoms with van der Waals surface area (Å²) < 4.78 is 0. The molecule has 1 heterocycles. The number of halogens is 1. The Hall–Kier alpha value is -1.35. The Morgan fingerprint density at radius 1 is 1.26 bits per heavy atom. The molecule has 3 nitrogen and oxygen atoms in total. The van der Waals surface area contributed by atoms with Crippen molar-refractivity contribution in [3.8, 4) is 0 Å². The van der Waals surface area contributed by atoms with Gasteiger partial charge < -0.3 is 0 Å². The molecule has 1 fully saturated rings. The number of fused-ring (bicyclic) bond motifs is 1. The third kappa shape index (κ3) is 2.52. The smallest absolute Gasteiger partial charge is 0.251 e. The molecule has 1 saturated carbocycles. The molecule has 0 radical (unpaired) electrons. The van der Waals surface area contributed by atoms with Crippen molar-refractivity contribution in [1.29, 1.82) is 0 Å². The summed E-state index contributed by atoms with van der Waals surface area (Å²) >= 11 is 6.14. The molecule has 0 spiro atoms. The molecule has 0 aromatic heterocycles. The van der Waals surface area contributed by atoms with E-state index in [1.807, 2.05) is 24.3 Å². The number of rotatable bonds is 2. The lowest BCUT2D eigenvalue weighted by Crippen LogP contribution is -2.27. The van der Waals surface area contributed by atoms with Gasteiger partial charge in [-0.2, -0.15) is 5.10 Å². The first kappa shape index (κ1) is 12.7. The number of benzene rings is 1. The summed E-state index contributed by atoms with van der Waals surface area (Å²) in [4.78, 5) is 12.4. The zero-order valence-electron chi connectivity index (χ0n) is 10.8. The fourth-order valence-corrected chi connectivity index (χ4v) is 3.04. The number of hydrazone groups is 1. The molecule has 1 atom stereocenters. The Morgan fingerprint density at radius 3 is 2.95 bits per heavy atom.